The van der Waals surface area contributed by atoms with Crippen LogP contribution < -0.4 is 0 Å². The van der Waals surface area contributed by atoms with E-state index in [0.29, 0.717) is 22.1 Å². The van der Waals surface area contributed by atoms with Crippen molar-refractivity contribution in [2.24, 2.45) is 11.8 Å². The zero-order valence-electron chi connectivity index (χ0n) is 8.87. The molecule has 2 atom stereocenters. The van der Waals surface area contributed by atoms with Crippen LogP contribution in [0.15, 0.2) is 21.4 Å². The Morgan fingerprint density at radius 1 is 1.47 bits per heavy atom. The third kappa shape index (κ3) is 1.95. The molecule has 15 heavy (non-hydrogen) atoms. The van der Waals surface area contributed by atoms with E-state index in [1.807, 2.05) is 4.90 Å². The van der Waals surface area contributed by atoms with Crippen LogP contribution in [0.2, 0.25) is 0 Å². The van der Waals surface area contributed by atoms with E-state index in [9.17, 15) is 4.79 Å². The molecule has 1 fully saturated rings. The fraction of sp³-hybridized carbons (Fsp3) is 0.545. The molecule has 0 radical (unpaired) electrons. The van der Waals surface area contributed by atoms with Gasteiger partial charge in [0.2, 0.25) is 0 Å². The summed E-state index contributed by atoms with van der Waals surface area (Å²) in [5, 5.41) is 0. The number of carbonyl (C=O) groups is 1. The van der Waals surface area contributed by atoms with Crippen LogP contribution in [0, 0.1) is 11.8 Å². The van der Waals surface area contributed by atoms with E-state index in [2.05, 4.69) is 29.8 Å². The maximum atomic E-state index is 12.1. The summed E-state index contributed by atoms with van der Waals surface area (Å²) in [6, 6.07) is 1.71. The largest absolute Gasteiger partial charge is 0.457 e. The Morgan fingerprint density at radius 2 is 2.07 bits per heavy atom. The highest BCUT2D eigenvalue weighted by atomic mass is 79.9. The average Bonchev–Trinajstić information content (AvgIpc) is 2.74. The lowest BCUT2D eigenvalue weighted by atomic mass is 10.0. The molecule has 2 rings (SSSR count). The van der Waals surface area contributed by atoms with Crippen molar-refractivity contribution in [3.05, 3.63) is 22.6 Å². The van der Waals surface area contributed by atoms with Crippen LogP contribution in [-0.4, -0.2) is 23.9 Å². The number of halogens is 1. The van der Waals surface area contributed by atoms with Crippen LogP contribution in [0.4, 0.5) is 0 Å². The molecule has 1 aromatic rings. The summed E-state index contributed by atoms with van der Waals surface area (Å²) < 4.78 is 5.60. The Morgan fingerprint density at radius 3 is 2.53 bits per heavy atom. The number of carbonyl (C=O) groups excluding carboxylic acids is 1. The maximum Gasteiger partial charge on any atom is 0.258 e. The first-order chi connectivity index (χ1) is 7.09. The van der Waals surface area contributed by atoms with Gasteiger partial charge in [0, 0.05) is 13.1 Å². The number of rotatable bonds is 1. The van der Waals surface area contributed by atoms with Crippen LogP contribution in [0.25, 0.3) is 0 Å². The molecule has 0 aromatic carbocycles. The number of amides is 1. The topological polar surface area (TPSA) is 33.5 Å². The second kappa shape index (κ2) is 4.00. The van der Waals surface area contributed by atoms with Crippen molar-refractivity contribution in [1.82, 2.24) is 4.90 Å². The number of furan rings is 1. The van der Waals surface area contributed by atoms with Gasteiger partial charge in [-0.3, -0.25) is 4.79 Å². The number of hydrogen-bond donors (Lipinski definition) is 0. The van der Waals surface area contributed by atoms with Gasteiger partial charge in [0.05, 0.1) is 11.8 Å². The fourth-order valence-corrected chi connectivity index (χ4v) is 2.32. The third-order valence-electron chi connectivity index (χ3n) is 3.12. The van der Waals surface area contributed by atoms with Gasteiger partial charge in [0.1, 0.15) is 0 Å². The average molecular weight is 272 g/mol. The van der Waals surface area contributed by atoms with E-state index in [4.69, 9.17) is 4.42 Å². The Hall–Kier alpha value is -0.770. The Labute approximate surface area is 97.6 Å². The standard InChI is InChI=1S/C11H14BrNO2/c1-7-5-13(6-8(7)2)11(14)9-3-4-15-10(9)12/h3-4,7-8H,5-6H2,1-2H3. The minimum Gasteiger partial charge on any atom is -0.457 e. The van der Waals surface area contributed by atoms with Gasteiger partial charge in [0.15, 0.2) is 4.67 Å². The summed E-state index contributed by atoms with van der Waals surface area (Å²) in [6.45, 7) is 6.06. The molecule has 2 heterocycles. The number of hydrogen-bond acceptors (Lipinski definition) is 2. The minimum atomic E-state index is 0.0619. The van der Waals surface area contributed by atoms with Crippen molar-refractivity contribution in [2.45, 2.75) is 13.8 Å². The summed E-state index contributed by atoms with van der Waals surface area (Å²) >= 11 is 3.23. The van der Waals surface area contributed by atoms with Crippen molar-refractivity contribution in [3.63, 3.8) is 0 Å². The zero-order chi connectivity index (χ0) is 11.0. The molecule has 1 aromatic heterocycles. The van der Waals surface area contributed by atoms with Gasteiger partial charge in [-0.25, -0.2) is 0 Å². The van der Waals surface area contributed by atoms with E-state index < -0.39 is 0 Å². The van der Waals surface area contributed by atoms with Crippen LogP contribution in [0.1, 0.15) is 24.2 Å². The molecule has 1 aliphatic rings. The molecule has 3 nitrogen and oxygen atoms in total. The Balaban J connectivity index is 2.13. The molecule has 0 saturated carbocycles. The second-order valence-electron chi connectivity index (χ2n) is 4.27. The van der Waals surface area contributed by atoms with Gasteiger partial charge in [-0.05, 0) is 33.8 Å². The lowest BCUT2D eigenvalue weighted by molar-refractivity contribution is 0.0783. The summed E-state index contributed by atoms with van der Waals surface area (Å²) in [4.78, 5) is 13.9. The molecule has 1 amide bonds. The first-order valence-corrected chi connectivity index (χ1v) is 5.91. The quantitative estimate of drug-likeness (QED) is 0.787. The summed E-state index contributed by atoms with van der Waals surface area (Å²) in [6.07, 6.45) is 1.53. The zero-order valence-corrected chi connectivity index (χ0v) is 10.5. The molecular weight excluding hydrogens is 258 g/mol. The van der Waals surface area contributed by atoms with Crippen LogP contribution >= 0.6 is 15.9 Å². The van der Waals surface area contributed by atoms with Crippen LogP contribution in [0.5, 0.6) is 0 Å². The van der Waals surface area contributed by atoms with Gasteiger partial charge in [-0.2, -0.15) is 0 Å². The molecule has 4 heteroatoms. The molecule has 0 aliphatic carbocycles. The van der Waals surface area contributed by atoms with Crippen molar-refractivity contribution in [3.8, 4) is 0 Å². The minimum absolute atomic E-state index is 0.0619. The lowest BCUT2D eigenvalue weighted by Gasteiger charge is -2.14. The van der Waals surface area contributed by atoms with Gasteiger partial charge < -0.3 is 9.32 Å². The SMILES string of the molecule is CC1CN(C(=O)c2ccoc2Br)CC1C. The smallest absolute Gasteiger partial charge is 0.258 e. The highest BCUT2D eigenvalue weighted by Crippen LogP contribution is 2.26. The van der Waals surface area contributed by atoms with E-state index in [-0.39, 0.29) is 5.91 Å². The molecular formula is C11H14BrNO2. The van der Waals surface area contributed by atoms with Crippen LogP contribution in [-0.2, 0) is 0 Å². The molecule has 0 spiro atoms. The molecule has 2 unspecified atom stereocenters. The summed E-state index contributed by atoms with van der Waals surface area (Å²) in [5.41, 5.74) is 0.622. The van der Waals surface area contributed by atoms with Crippen molar-refractivity contribution in [1.29, 1.82) is 0 Å². The van der Waals surface area contributed by atoms with Crippen molar-refractivity contribution >= 4 is 21.8 Å². The molecule has 1 saturated heterocycles. The van der Waals surface area contributed by atoms with E-state index in [0.717, 1.165) is 13.1 Å². The first-order valence-electron chi connectivity index (χ1n) is 5.12. The predicted molar refractivity (Wildman–Crippen MR) is 60.6 cm³/mol. The number of nitrogens with zero attached hydrogens (tertiary/aromatic N) is 1. The maximum absolute atomic E-state index is 12.1. The van der Waals surface area contributed by atoms with Crippen LogP contribution in [0.3, 0.4) is 0 Å². The number of likely N-dealkylation sites (tertiary alicyclic amines) is 1. The second-order valence-corrected chi connectivity index (χ2v) is 4.99. The van der Waals surface area contributed by atoms with Crippen molar-refractivity contribution < 1.29 is 9.21 Å². The lowest BCUT2D eigenvalue weighted by Crippen LogP contribution is -2.28. The van der Waals surface area contributed by atoms with E-state index in [1.165, 1.54) is 6.26 Å². The van der Waals surface area contributed by atoms with E-state index in [1.54, 1.807) is 6.07 Å². The summed E-state index contributed by atoms with van der Waals surface area (Å²) in [5.74, 6) is 1.23. The highest BCUT2D eigenvalue weighted by molar-refractivity contribution is 9.10. The van der Waals surface area contributed by atoms with Crippen molar-refractivity contribution in [2.75, 3.05) is 13.1 Å². The molecule has 1 aliphatic heterocycles. The Bertz CT molecular complexity index is 364. The predicted octanol–water partition coefficient (Wildman–Crippen LogP) is 2.77. The normalized spacial score (nSPS) is 25.9. The Kier molecular flexibility index (Phi) is 2.87. The van der Waals surface area contributed by atoms with Gasteiger partial charge >= 0.3 is 0 Å². The van der Waals surface area contributed by atoms with Gasteiger partial charge in [-0.15, -0.1) is 0 Å². The third-order valence-corrected chi connectivity index (χ3v) is 3.74. The monoisotopic (exact) mass is 271 g/mol. The fourth-order valence-electron chi connectivity index (χ4n) is 1.91. The molecule has 82 valence electrons. The van der Waals surface area contributed by atoms with E-state index >= 15 is 0 Å². The summed E-state index contributed by atoms with van der Waals surface area (Å²) in [7, 11) is 0. The highest BCUT2D eigenvalue weighted by Gasteiger charge is 2.31. The molecule has 0 N–H and O–H groups in total. The van der Waals surface area contributed by atoms with Gasteiger partial charge in [-0.1, -0.05) is 13.8 Å². The van der Waals surface area contributed by atoms with Gasteiger partial charge in [0.25, 0.3) is 5.91 Å². The first kappa shape index (κ1) is 10.7. The molecule has 0 bridgehead atoms.